The number of benzene rings is 2. The summed E-state index contributed by atoms with van der Waals surface area (Å²) in [5.41, 5.74) is 1.63. The fraction of sp³-hybridized carbons (Fsp3) is 0.167. The van der Waals surface area contributed by atoms with Crippen LogP contribution in [0, 0.1) is 0 Å². The lowest BCUT2D eigenvalue weighted by Gasteiger charge is -2.10. The molecular formula is C18H17NO4. The third kappa shape index (κ3) is 2.85. The highest BCUT2D eigenvalue weighted by Gasteiger charge is 2.16. The first kappa shape index (κ1) is 15.0. The molecule has 0 amide bonds. The Labute approximate surface area is 134 Å². The topological polar surface area (TPSA) is 53.7 Å². The molecule has 0 aliphatic carbocycles. The number of hydrogen-bond donors (Lipinski definition) is 0. The standard InChI is InChI=1S/C18H17NO4/c1-20-13-7-4-6-12(10-13)16-11-19-18(23-16)14-8-5-9-15(21-2)17(14)22-3/h4-11H,1-3H3. The van der Waals surface area contributed by atoms with Gasteiger partial charge in [0.2, 0.25) is 5.89 Å². The number of ether oxygens (including phenoxy) is 3. The van der Waals surface area contributed by atoms with E-state index in [1.54, 1.807) is 27.5 Å². The van der Waals surface area contributed by atoms with Gasteiger partial charge in [0.1, 0.15) is 5.75 Å². The van der Waals surface area contributed by atoms with E-state index in [0.29, 0.717) is 23.1 Å². The van der Waals surface area contributed by atoms with E-state index in [4.69, 9.17) is 18.6 Å². The van der Waals surface area contributed by atoms with E-state index in [9.17, 15) is 0 Å². The summed E-state index contributed by atoms with van der Waals surface area (Å²) in [7, 11) is 4.82. The van der Waals surface area contributed by atoms with Crippen LogP contribution >= 0.6 is 0 Å². The molecule has 5 nitrogen and oxygen atoms in total. The van der Waals surface area contributed by atoms with Crippen molar-refractivity contribution in [3.8, 4) is 40.0 Å². The summed E-state index contributed by atoms with van der Waals surface area (Å²) >= 11 is 0. The number of oxazole rings is 1. The molecule has 0 saturated carbocycles. The highest BCUT2D eigenvalue weighted by Crippen LogP contribution is 2.38. The Hall–Kier alpha value is -2.95. The summed E-state index contributed by atoms with van der Waals surface area (Å²) < 4.78 is 21.9. The largest absolute Gasteiger partial charge is 0.497 e. The minimum atomic E-state index is 0.471. The van der Waals surface area contributed by atoms with E-state index in [1.165, 1.54) is 0 Å². The molecule has 0 aliphatic rings. The van der Waals surface area contributed by atoms with Crippen LogP contribution in [0.15, 0.2) is 53.1 Å². The lowest BCUT2D eigenvalue weighted by atomic mass is 10.2. The molecule has 3 rings (SSSR count). The van der Waals surface area contributed by atoms with E-state index >= 15 is 0 Å². The van der Waals surface area contributed by atoms with Crippen molar-refractivity contribution in [2.45, 2.75) is 0 Å². The second kappa shape index (κ2) is 6.44. The van der Waals surface area contributed by atoms with Crippen LogP contribution in [-0.2, 0) is 0 Å². The van der Waals surface area contributed by atoms with Gasteiger partial charge in [0.15, 0.2) is 17.3 Å². The molecule has 0 aliphatic heterocycles. The third-order valence-corrected chi connectivity index (χ3v) is 3.49. The second-order valence-electron chi connectivity index (χ2n) is 4.80. The first-order valence-electron chi connectivity index (χ1n) is 7.08. The van der Waals surface area contributed by atoms with Crippen LogP contribution in [0.1, 0.15) is 0 Å². The first-order chi connectivity index (χ1) is 11.3. The van der Waals surface area contributed by atoms with Crippen LogP contribution in [0.4, 0.5) is 0 Å². The zero-order valence-corrected chi connectivity index (χ0v) is 13.2. The van der Waals surface area contributed by atoms with Crippen molar-refractivity contribution in [1.82, 2.24) is 4.98 Å². The molecular weight excluding hydrogens is 294 g/mol. The maximum atomic E-state index is 5.90. The molecule has 0 spiro atoms. The Morgan fingerprint density at radius 3 is 2.48 bits per heavy atom. The summed E-state index contributed by atoms with van der Waals surface area (Å²) in [5, 5.41) is 0. The monoisotopic (exact) mass is 311 g/mol. The van der Waals surface area contributed by atoms with Gasteiger partial charge >= 0.3 is 0 Å². The summed E-state index contributed by atoms with van der Waals surface area (Å²) in [6.07, 6.45) is 1.68. The summed E-state index contributed by atoms with van der Waals surface area (Å²) in [6, 6.07) is 13.2. The maximum absolute atomic E-state index is 5.90. The normalized spacial score (nSPS) is 10.4. The molecule has 118 valence electrons. The van der Waals surface area contributed by atoms with Crippen LogP contribution in [0.2, 0.25) is 0 Å². The molecule has 3 aromatic rings. The average molecular weight is 311 g/mol. The van der Waals surface area contributed by atoms with Crippen molar-refractivity contribution in [2.24, 2.45) is 0 Å². The summed E-state index contributed by atoms with van der Waals surface area (Å²) in [6.45, 7) is 0. The van der Waals surface area contributed by atoms with Gasteiger partial charge < -0.3 is 18.6 Å². The van der Waals surface area contributed by atoms with Crippen LogP contribution in [-0.4, -0.2) is 26.3 Å². The van der Waals surface area contributed by atoms with Crippen molar-refractivity contribution >= 4 is 0 Å². The Morgan fingerprint density at radius 2 is 1.74 bits per heavy atom. The van der Waals surface area contributed by atoms with E-state index < -0.39 is 0 Å². The minimum Gasteiger partial charge on any atom is -0.497 e. The SMILES string of the molecule is COc1cccc(-c2cnc(-c3cccc(OC)c3OC)o2)c1. The number of aromatic nitrogens is 1. The molecule has 0 unspecified atom stereocenters. The van der Waals surface area contributed by atoms with Crippen molar-refractivity contribution in [2.75, 3.05) is 21.3 Å². The quantitative estimate of drug-likeness (QED) is 0.712. The number of hydrogen-bond acceptors (Lipinski definition) is 5. The van der Waals surface area contributed by atoms with E-state index in [-0.39, 0.29) is 0 Å². The van der Waals surface area contributed by atoms with Crippen LogP contribution in [0.25, 0.3) is 22.8 Å². The predicted molar refractivity (Wildman–Crippen MR) is 87.0 cm³/mol. The molecule has 0 fully saturated rings. The fourth-order valence-corrected chi connectivity index (χ4v) is 2.36. The minimum absolute atomic E-state index is 0.471. The molecule has 0 radical (unpaired) electrons. The van der Waals surface area contributed by atoms with Crippen molar-refractivity contribution in [3.63, 3.8) is 0 Å². The van der Waals surface area contributed by atoms with Gasteiger partial charge in [-0.25, -0.2) is 4.98 Å². The van der Waals surface area contributed by atoms with E-state index in [1.807, 2.05) is 42.5 Å². The fourth-order valence-electron chi connectivity index (χ4n) is 2.36. The van der Waals surface area contributed by atoms with E-state index in [2.05, 4.69) is 4.98 Å². The molecule has 0 atom stereocenters. The Kier molecular flexibility index (Phi) is 4.19. The average Bonchev–Trinajstić information content (AvgIpc) is 3.10. The van der Waals surface area contributed by atoms with Gasteiger partial charge in [-0.05, 0) is 24.3 Å². The summed E-state index contributed by atoms with van der Waals surface area (Å²) in [5.74, 6) is 3.11. The Morgan fingerprint density at radius 1 is 0.913 bits per heavy atom. The van der Waals surface area contributed by atoms with Gasteiger partial charge in [-0.15, -0.1) is 0 Å². The molecule has 2 aromatic carbocycles. The van der Waals surface area contributed by atoms with Gasteiger partial charge in [0, 0.05) is 5.56 Å². The van der Waals surface area contributed by atoms with Crippen molar-refractivity contribution < 1.29 is 18.6 Å². The maximum Gasteiger partial charge on any atom is 0.230 e. The molecule has 23 heavy (non-hydrogen) atoms. The third-order valence-electron chi connectivity index (χ3n) is 3.49. The first-order valence-corrected chi connectivity index (χ1v) is 7.08. The molecule has 0 bridgehead atoms. The molecule has 0 N–H and O–H groups in total. The van der Waals surface area contributed by atoms with Gasteiger partial charge in [-0.1, -0.05) is 18.2 Å². The number of nitrogens with zero attached hydrogens (tertiary/aromatic N) is 1. The van der Waals surface area contributed by atoms with Crippen LogP contribution in [0.5, 0.6) is 17.2 Å². The van der Waals surface area contributed by atoms with Crippen LogP contribution in [0.3, 0.4) is 0 Å². The molecule has 0 saturated heterocycles. The predicted octanol–water partition coefficient (Wildman–Crippen LogP) is 4.03. The van der Waals surface area contributed by atoms with Crippen molar-refractivity contribution in [1.29, 1.82) is 0 Å². The van der Waals surface area contributed by atoms with Crippen LogP contribution < -0.4 is 14.2 Å². The zero-order chi connectivity index (χ0) is 16.2. The second-order valence-corrected chi connectivity index (χ2v) is 4.80. The van der Waals surface area contributed by atoms with Gasteiger partial charge in [0.05, 0.1) is 33.1 Å². The molecule has 5 heteroatoms. The number of methoxy groups -OCH3 is 3. The smallest absolute Gasteiger partial charge is 0.230 e. The lowest BCUT2D eigenvalue weighted by Crippen LogP contribution is -1.93. The Balaban J connectivity index is 2.02. The lowest BCUT2D eigenvalue weighted by molar-refractivity contribution is 0.355. The van der Waals surface area contributed by atoms with E-state index in [0.717, 1.165) is 16.9 Å². The highest BCUT2D eigenvalue weighted by molar-refractivity contribution is 5.69. The zero-order valence-electron chi connectivity index (χ0n) is 13.2. The van der Waals surface area contributed by atoms with Gasteiger partial charge in [0.25, 0.3) is 0 Å². The molecule has 1 aromatic heterocycles. The molecule has 1 heterocycles. The van der Waals surface area contributed by atoms with Crippen molar-refractivity contribution in [3.05, 3.63) is 48.7 Å². The van der Waals surface area contributed by atoms with Gasteiger partial charge in [-0.3, -0.25) is 0 Å². The number of rotatable bonds is 5. The summed E-state index contributed by atoms with van der Waals surface area (Å²) in [4.78, 5) is 4.36. The highest BCUT2D eigenvalue weighted by atomic mass is 16.5. The Bertz CT molecular complexity index is 810. The van der Waals surface area contributed by atoms with Gasteiger partial charge in [-0.2, -0.15) is 0 Å². The number of para-hydroxylation sites is 1.